The van der Waals surface area contributed by atoms with Crippen LogP contribution in [0.25, 0.3) is 72.8 Å². The summed E-state index contributed by atoms with van der Waals surface area (Å²) in [6, 6.07) is 44.6. The topological polar surface area (TPSA) is 48.0 Å². The minimum absolute atomic E-state index is 0.693. The molecule has 9 rings (SSSR count). The van der Waals surface area contributed by atoms with Gasteiger partial charge in [0.25, 0.3) is 0 Å². The standard InChI is InChI=1S/C38H25N5/c1-2-11-29(12-3-1)42-34-16-7-6-15-33(34)41-36(42)26-19-17-25(18-20-26)27-10-8-13-30(23-27)43-37-32(21-22-39-37)35-31-14-5-4-9-28(31)24-40-38(35)43/h1-21,23-24H,22H2. The molecule has 1 aliphatic rings. The third-order valence-corrected chi connectivity index (χ3v) is 8.41. The molecule has 5 heteroatoms. The molecule has 43 heavy (non-hydrogen) atoms. The Balaban J connectivity index is 1.16. The maximum absolute atomic E-state index is 5.03. The van der Waals surface area contributed by atoms with Gasteiger partial charge < -0.3 is 0 Å². The van der Waals surface area contributed by atoms with Crippen molar-refractivity contribution in [2.75, 3.05) is 6.54 Å². The number of fused-ring (bicyclic) bond motifs is 6. The first-order valence-corrected chi connectivity index (χ1v) is 14.5. The smallest absolute Gasteiger partial charge is 0.147 e. The summed E-state index contributed by atoms with van der Waals surface area (Å²) in [7, 11) is 0. The average molecular weight is 552 g/mol. The van der Waals surface area contributed by atoms with E-state index in [2.05, 4.69) is 130 Å². The van der Waals surface area contributed by atoms with E-state index in [-0.39, 0.29) is 0 Å². The first-order chi connectivity index (χ1) is 21.3. The van der Waals surface area contributed by atoms with Crippen molar-refractivity contribution in [3.05, 3.63) is 144 Å². The molecular formula is C38H25N5. The van der Waals surface area contributed by atoms with Crippen LogP contribution in [0.15, 0.2) is 139 Å². The van der Waals surface area contributed by atoms with Crippen molar-refractivity contribution in [2.45, 2.75) is 0 Å². The van der Waals surface area contributed by atoms with Gasteiger partial charge >= 0.3 is 0 Å². The molecule has 0 amide bonds. The van der Waals surface area contributed by atoms with Gasteiger partial charge in [-0.05, 0) is 52.9 Å². The predicted molar refractivity (Wildman–Crippen MR) is 174 cm³/mol. The highest BCUT2D eigenvalue weighted by Gasteiger charge is 2.18. The van der Waals surface area contributed by atoms with Crippen molar-refractivity contribution in [2.24, 2.45) is 4.99 Å². The Morgan fingerprint density at radius 3 is 2.28 bits per heavy atom. The lowest BCUT2D eigenvalue weighted by molar-refractivity contribution is 0.980. The molecule has 0 radical (unpaired) electrons. The van der Waals surface area contributed by atoms with Gasteiger partial charge in [-0.25, -0.2) is 9.97 Å². The van der Waals surface area contributed by atoms with Crippen LogP contribution in [0.3, 0.4) is 0 Å². The molecule has 8 aromatic rings. The molecule has 0 aliphatic carbocycles. The van der Waals surface area contributed by atoms with Gasteiger partial charge in [-0.1, -0.05) is 97.1 Å². The molecule has 3 aromatic heterocycles. The third kappa shape index (κ3) is 3.68. The zero-order valence-electron chi connectivity index (χ0n) is 23.2. The van der Waals surface area contributed by atoms with Gasteiger partial charge in [0.1, 0.15) is 17.0 Å². The van der Waals surface area contributed by atoms with Crippen molar-refractivity contribution in [3.63, 3.8) is 0 Å². The summed E-state index contributed by atoms with van der Waals surface area (Å²) in [6.45, 7) is 0.693. The monoisotopic (exact) mass is 551 g/mol. The molecule has 202 valence electrons. The minimum atomic E-state index is 0.693. The number of pyridine rings is 1. The zero-order valence-corrected chi connectivity index (χ0v) is 23.2. The van der Waals surface area contributed by atoms with Crippen LogP contribution in [0.2, 0.25) is 0 Å². The Morgan fingerprint density at radius 1 is 0.605 bits per heavy atom. The number of para-hydroxylation sites is 3. The molecule has 5 aromatic carbocycles. The van der Waals surface area contributed by atoms with Crippen molar-refractivity contribution in [3.8, 4) is 33.9 Å². The fourth-order valence-corrected chi connectivity index (χ4v) is 6.43. The van der Waals surface area contributed by atoms with E-state index in [1.165, 1.54) is 16.0 Å². The zero-order chi connectivity index (χ0) is 28.3. The summed E-state index contributed by atoms with van der Waals surface area (Å²) in [4.78, 5) is 14.8. The molecule has 1 aliphatic heterocycles. The van der Waals surface area contributed by atoms with Crippen LogP contribution in [0.4, 0.5) is 0 Å². The Hall–Kier alpha value is -5.81. The summed E-state index contributed by atoms with van der Waals surface area (Å²) in [5, 5.41) is 4.70. The lowest BCUT2D eigenvalue weighted by atomic mass is 10.0. The van der Waals surface area contributed by atoms with E-state index < -0.39 is 0 Å². The van der Waals surface area contributed by atoms with E-state index >= 15 is 0 Å². The summed E-state index contributed by atoms with van der Waals surface area (Å²) in [6.07, 6.45) is 4.18. The second-order valence-electron chi connectivity index (χ2n) is 10.9. The average Bonchev–Trinajstić information content (AvgIpc) is 3.78. The Morgan fingerprint density at radius 2 is 1.37 bits per heavy atom. The second-order valence-corrected chi connectivity index (χ2v) is 10.9. The SMILES string of the molecule is C1=c2c(n(-c3cccc(-c4ccc(-c5nc6ccccc6n5-c5ccccc5)cc4)c3)c3ncc4ccccc4c23)=NC1. The Bertz CT molecular complexity index is 2470. The van der Waals surface area contributed by atoms with E-state index in [1.807, 2.05) is 18.3 Å². The normalized spacial score (nSPS) is 12.5. The molecule has 5 nitrogen and oxygen atoms in total. The number of hydrogen-bond donors (Lipinski definition) is 0. The number of benzene rings is 5. The molecule has 0 N–H and O–H groups in total. The first kappa shape index (κ1) is 23.9. The van der Waals surface area contributed by atoms with Gasteiger partial charge in [0.15, 0.2) is 0 Å². The fourth-order valence-electron chi connectivity index (χ4n) is 6.43. The van der Waals surface area contributed by atoms with Crippen LogP contribution in [0, 0.1) is 0 Å². The second kappa shape index (κ2) is 9.36. The molecule has 0 unspecified atom stereocenters. The quantitative estimate of drug-likeness (QED) is 0.231. The largest absolute Gasteiger partial charge is 0.292 e. The number of imidazole rings is 1. The molecule has 0 saturated carbocycles. The van der Waals surface area contributed by atoms with E-state index in [1.54, 1.807) is 0 Å². The molecule has 0 bridgehead atoms. The highest BCUT2D eigenvalue weighted by Crippen LogP contribution is 2.31. The van der Waals surface area contributed by atoms with Crippen LogP contribution in [-0.4, -0.2) is 25.6 Å². The van der Waals surface area contributed by atoms with Crippen LogP contribution in [0.5, 0.6) is 0 Å². The maximum atomic E-state index is 5.03. The van der Waals surface area contributed by atoms with Gasteiger partial charge in [-0.2, -0.15) is 0 Å². The van der Waals surface area contributed by atoms with Gasteiger partial charge in [-0.3, -0.25) is 14.1 Å². The van der Waals surface area contributed by atoms with Gasteiger partial charge in [0.2, 0.25) is 0 Å². The number of rotatable bonds is 4. The first-order valence-electron chi connectivity index (χ1n) is 14.5. The Kier molecular flexibility index (Phi) is 5.19. The number of aromatic nitrogens is 4. The predicted octanol–water partition coefficient (Wildman–Crippen LogP) is 7.27. The van der Waals surface area contributed by atoms with Crippen LogP contribution >= 0.6 is 0 Å². The van der Waals surface area contributed by atoms with E-state index in [4.69, 9.17) is 15.0 Å². The summed E-state index contributed by atoms with van der Waals surface area (Å²) in [5.41, 5.74) is 9.49. The van der Waals surface area contributed by atoms with E-state index in [0.717, 1.165) is 61.4 Å². The minimum Gasteiger partial charge on any atom is -0.292 e. The molecule has 0 saturated heterocycles. The Labute approximate surface area is 247 Å². The van der Waals surface area contributed by atoms with Crippen LogP contribution in [0.1, 0.15) is 0 Å². The summed E-state index contributed by atoms with van der Waals surface area (Å²) < 4.78 is 4.45. The molecule has 0 atom stereocenters. The molecule has 4 heterocycles. The van der Waals surface area contributed by atoms with Crippen LogP contribution < -0.4 is 10.7 Å². The fraction of sp³-hybridized carbons (Fsp3) is 0.0263. The lowest BCUT2D eigenvalue weighted by Gasteiger charge is -2.11. The molecule has 0 spiro atoms. The number of hydrogen-bond acceptors (Lipinski definition) is 3. The maximum Gasteiger partial charge on any atom is 0.147 e. The van der Waals surface area contributed by atoms with Gasteiger partial charge in [0, 0.05) is 39.1 Å². The van der Waals surface area contributed by atoms with Crippen LogP contribution in [-0.2, 0) is 0 Å². The lowest BCUT2D eigenvalue weighted by Crippen LogP contribution is -2.25. The third-order valence-electron chi connectivity index (χ3n) is 8.41. The van der Waals surface area contributed by atoms with Crippen molar-refractivity contribution in [1.29, 1.82) is 0 Å². The number of nitrogens with zero attached hydrogens (tertiary/aromatic N) is 5. The van der Waals surface area contributed by atoms with E-state index in [9.17, 15) is 0 Å². The van der Waals surface area contributed by atoms with Crippen molar-refractivity contribution in [1.82, 2.24) is 19.1 Å². The van der Waals surface area contributed by atoms with E-state index in [0.29, 0.717) is 6.54 Å². The summed E-state index contributed by atoms with van der Waals surface area (Å²) in [5.74, 6) is 0.929. The van der Waals surface area contributed by atoms with Crippen molar-refractivity contribution < 1.29 is 0 Å². The molecule has 0 fully saturated rings. The summed E-state index contributed by atoms with van der Waals surface area (Å²) >= 11 is 0. The van der Waals surface area contributed by atoms with Gasteiger partial charge in [0.05, 0.1) is 17.6 Å². The molecular weight excluding hydrogens is 526 g/mol. The van der Waals surface area contributed by atoms with Gasteiger partial charge in [-0.15, -0.1) is 0 Å². The highest BCUT2D eigenvalue weighted by atomic mass is 15.1. The van der Waals surface area contributed by atoms with Crippen molar-refractivity contribution >= 4 is 38.9 Å². The highest BCUT2D eigenvalue weighted by molar-refractivity contribution is 6.05.